The molecule has 0 radical (unpaired) electrons. The van der Waals surface area contributed by atoms with Crippen molar-refractivity contribution >= 4 is 72.7 Å². The van der Waals surface area contributed by atoms with Crippen LogP contribution in [0, 0.1) is 0 Å². The molecule has 0 saturated heterocycles. The second-order valence-corrected chi connectivity index (χ2v) is 15.8. The zero-order chi connectivity index (χ0) is 40.3. The fourth-order valence-electron chi connectivity index (χ4n) is 9.52. The molecule has 284 valence electrons. The lowest BCUT2D eigenvalue weighted by Gasteiger charge is -2.30. The highest BCUT2D eigenvalue weighted by Gasteiger charge is 2.35. The molecule has 12 rings (SSSR count). The molecule has 0 fully saturated rings. The molecular weight excluding hydrogens is 739 g/mol. The molecule has 5 heteroatoms. The molecule has 9 aromatic carbocycles. The lowest BCUT2D eigenvalue weighted by Crippen LogP contribution is -2.56. The van der Waals surface area contributed by atoms with E-state index >= 15 is 0 Å². The second kappa shape index (κ2) is 14.4. The second-order valence-electron chi connectivity index (χ2n) is 15.8. The van der Waals surface area contributed by atoms with E-state index in [0.29, 0.717) is 5.82 Å². The van der Waals surface area contributed by atoms with Crippen molar-refractivity contribution in [2.75, 3.05) is 4.90 Å². The fourth-order valence-corrected chi connectivity index (χ4v) is 9.52. The fraction of sp³-hybridized carbons (Fsp3) is 0. The number of nitrogens with zero attached hydrogens (tertiary/aromatic N) is 4. The molecule has 0 atom stereocenters. The Morgan fingerprint density at radius 3 is 1.69 bits per heavy atom. The van der Waals surface area contributed by atoms with Crippen molar-refractivity contribution in [3.63, 3.8) is 0 Å². The summed E-state index contributed by atoms with van der Waals surface area (Å²) in [7, 11) is 0. The van der Waals surface area contributed by atoms with Gasteiger partial charge in [0.1, 0.15) is 0 Å². The van der Waals surface area contributed by atoms with Crippen molar-refractivity contribution in [3.8, 4) is 39.6 Å². The smallest absolute Gasteiger partial charge is 0.246 e. The standard InChI is InChI=1S/C56H37BN4/c1-6-19-39(20-7-1)50-37-51(59-56(58-50)40-21-8-2-9-22-40)41-31-32-52-48(34-41)57(42-23-10-3-11-24-42)49-36-45(60(43-25-12-4-13-26-43)44-27-14-5-15-28-44)35-47-54-46-29-17-16-18-38(46)30-33-53(54)61(52)55(47)49/h1-37H. The third-order valence-electron chi connectivity index (χ3n) is 12.2. The van der Waals surface area contributed by atoms with Crippen molar-refractivity contribution in [1.82, 2.24) is 14.5 Å². The van der Waals surface area contributed by atoms with Gasteiger partial charge in [-0.3, -0.25) is 0 Å². The number of anilines is 3. The minimum Gasteiger partial charge on any atom is -0.311 e. The van der Waals surface area contributed by atoms with Crippen LogP contribution in [0.15, 0.2) is 224 Å². The van der Waals surface area contributed by atoms with Crippen LogP contribution < -0.4 is 21.3 Å². The van der Waals surface area contributed by atoms with E-state index in [0.717, 1.165) is 45.1 Å². The van der Waals surface area contributed by atoms with Gasteiger partial charge in [0.25, 0.3) is 0 Å². The molecule has 0 N–H and O–H groups in total. The number of hydrogen-bond acceptors (Lipinski definition) is 3. The Bertz CT molecular complexity index is 3310. The van der Waals surface area contributed by atoms with Crippen LogP contribution in [-0.2, 0) is 0 Å². The summed E-state index contributed by atoms with van der Waals surface area (Å²) in [6.45, 7) is -0.0703. The maximum absolute atomic E-state index is 5.28. The quantitative estimate of drug-likeness (QED) is 0.151. The number of hydrogen-bond donors (Lipinski definition) is 0. The monoisotopic (exact) mass is 776 g/mol. The Labute approximate surface area is 354 Å². The van der Waals surface area contributed by atoms with Crippen LogP contribution in [0.3, 0.4) is 0 Å². The third-order valence-corrected chi connectivity index (χ3v) is 12.2. The van der Waals surface area contributed by atoms with Gasteiger partial charge in [0, 0.05) is 50.2 Å². The van der Waals surface area contributed by atoms with Crippen LogP contribution in [0.5, 0.6) is 0 Å². The maximum atomic E-state index is 5.28. The van der Waals surface area contributed by atoms with E-state index < -0.39 is 0 Å². The lowest BCUT2D eigenvalue weighted by atomic mass is 9.35. The molecule has 2 aromatic heterocycles. The normalized spacial score (nSPS) is 11.9. The Hall–Kier alpha value is -8.02. The summed E-state index contributed by atoms with van der Waals surface area (Å²) in [5.74, 6) is 0.705. The van der Waals surface area contributed by atoms with Crippen molar-refractivity contribution in [1.29, 1.82) is 0 Å². The summed E-state index contributed by atoms with van der Waals surface area (Å²) in [5, 5.41) is 4.97. The summed E-state index contributed by atoms with van der Waals surface area (Å²) >= 11 is 0. The van der Waals surface area contributed by atoms with E-state index in [9.17, 15) is 0 Å². The minimum atomic E-state index is -0.0703. The van der Waals surface area contributed by atoms with E-state index in [2.05, 4.69) is 210 Å². The number of fused-ring (bicyclic) bond motifs is 7. The Morgan fingerprint density at radius 2 is 1.00 bits per heavy atom. The van der Waals surface area contributed by atoms with Crippen LogP contribution in [0.25, 0.3) is 72.2 Å². The van der Waals surface area contributed by atoms with Crippen LogP contribution in [0.1, 0.15) is 0 Å². The molecule has 1 aliphatic rings. The molecule has 4 nitrogen and oxygen atoms in total. The minimum absolute atomic E-state index is 0.0703. The van der Waals surface area contributed by atoms with E-state index in [4.69, 9.17) is 9.97 Å². The number of rotatable bonds is 7. The first-order valence-corrected chi connectivity index (χ1v) is 20.9. The summed E-state index contributed by atoms with van der Waals surface area (Å²) < 4.78 is 2.52. The summed E-state index contributed by atoms with van der Waals surface area (Å²) in [4.78, 5) is 12.8. The van der Waals surface area contributed by atoms with Gasteiger partial charge in [-0.15, -0.1) is 0 Å². The Kier molecular flexibility index (Phi) is 8.24. The van der Waals surface area contributed by atoms with Gasteiger partial charge in [-0.25, -0.2) is 9.97 Å². The number of aromatic nitrogens is 3. The van der Waals surface area contributed by atoms with E-state index in [1.807, 2.05) is 24.3 Å². The molecule has 1 aliphatic heterocycles. The van der Waals surface area contributed by atoms with Gasteiger partial charge in [-0.2, -0.15) is 0 Å². The average Bonchev–Trinajstić information content (AvgIpc) is 3.68. The van der Waals surface area contributed by atoms with Crippen LogP contribution in [0.2, 0.25) is 0 Å². The SMILES string of the molecule is c1ccc(B2c3cc(-c4cc(-c5ccccc5)nc(-c5ccccc5)n4)ccc3-n3c4ccc5ccccc5c4c4cc(N(c5ccccc5)c5ccccc5)cc2c43)cc1. The largest absolute Gasteiger partial charge is 0.311 e. The van der Waals surface area contributed by atoms with Crippen molar-refractivity contribution in [2.24, 2.45) is 0 Å². The van der Waals surface area contributed by atoms with Gasteiger partial charge < -0.3 is 9.47 Å². The molecule has 0 bridgehead atoms. The molecule has 0 amide bonds. The molecule has 3 heterocycles. The van der Waals surface area contributed by atoms with Crippen LogP contribution >= 0.6 is 0 Å². The summed E-state index contributed by atoms with van der Waals surface area (Å²) in [6.07, 6.45) is 0. The predicted octanol–water partition coefficient (Wildman–Crippen LogP) is 12.0. The molecule has 0 unspecified atom stereocenters. The van der Waals surface area contributed by atoms with E-state index in [1.165, 1.54) is 54.7 Å². The maximum Gasteiger partial charge on any atom is 0.246 e. The van der Waals surface area contributed by atoms with Gasteiger partial charge in [0.2, 0.25) is 6.71 Å². The number of benzene rings is 9. The molecular formula is C56H37BN4. The number of para-hydroxylation sites is 2. The molecule has 0 spiro atoms. The van der Waals surface area contributed by atoms with Gasteiger partial charge in [-0.1, -0.05) is 175 Å². The zero-order valence-electron chi connectivity index (χ0n) is 33.2. The van der Waals surface area contributed by atoms with Gasteiger partial charge in [-0.05, 0) is 81.9 Å². The van der Waals surface area contributed by atoms with Gasteiger partial charge in [0.05, 0.1) is 16.9 Å². The summed E-state index contributed by atoms with van der Waals surface area (Å²) in [5.41, 5.74) is 15.5. The first-order valence-electron chi connectivity index (χ1n) is 20.9. The predicted molar refractivity (Wildman–Crippen MR) is 256 cm³/mol. The van der Waals surface area contributed by atoms with Crippen LogP contribution in [-0.4, -0.2) is 21.2 Å². The Morgan fingerprint density at radius 1 is 0.410 bits per heavy atom. The van der Waals surface area contributed by atoms with Gasteiger partial charge >= 0.3 is 0 Å². The Balaban J connectivity index is 1.17. The van der Waals surface area contributed by atoms with Crippen molar-refractivity contribution in [2.45, 2.75) is 0 Å². The molecule has 0 saturated carbocycles. The zero-order valence-corrected chi connectivity index (χ0v) is 33.2. The lowest BCUT2D eigenvalue weighted by molar-refractivity contribution is 1.17. The highest BCUT2D eigenvalue weighted by Crippen LogP contribution is 2.42. The van der Waals surface area contributed by atoms with Crippen LogP contribution in [0.4, 0.5) is 17.1 Å². The van der Waals surface area contributed by atoms with Crippen molar-refractivity contribution < 1.29 is 0 Å². The highest BCUT2D eigenvalue weighted by atomic mass is 15.1. The highest BCUT2D eigenvalue weighted by molar-refractivity contribution is 6.98. The van der Waals surface area contributed by atoms with E-state index in [1.54, 1.807) is 0 Å². The average molecular weight is 777 g/mol. The topological polar surface area (TPSA) is 34.0 Å². The first kappa shape index (κ1) is 35.0. The van der Waals surface area contributed by atoms with Crippen molar-refractivity contribution in [3.05, 3.63) is 224 Å². The summed E-state index contributed by atoms with van der Waals surface area (Å²) in [6, 6.07) is 80.5. The van der Waals surface area contributed by atoms with E-state index in [-0.39, 0.29) is 6.71 Å². The van der Waals surface area contributed by atoms with Gasteiger partial charge in [0.15, 0.2) is 5.82 Å². The molecule has 0 aliphatic carbocycles. The molecule has 61 heavy (non-hydrogen) atoms. The molecule has 11 aromatic rings. The first-order chi connectivity index (χ1) is 30.3. The third kappa shape index (κ3) is 5.85.